The highest BCUT2D eigenvalue weighted by atomic mass is 16.5. The molecule has 0 radical (unpaired) electrons. The molecule has 94 valence electrons. The fourth-order valence-corrected chi connectivity index (χ4v) is 2.27. The molecule has 0 aliphatic rings. The number of hydrogen-bond donors (Lipinski definition) is 1. The van der Waals surface area contributed by atoms with Crippen LogP contribution in [0.1, 0.15) is 11.1 Å². The van der Waals surface area contributed by atoms with E-state index >= 15 is 0 Å². The van der Waals surface area contributed by atoms with Gasteiger partial charge in [-0.05, 0) is 24.0 Å². The van der Waals surface area contributed by atoms with E-state index in [0.29, 0.717) is 12.5 Å². The molecule has 0 aromatic heterocycles. The highest BCUT2D eigenvalue weighted by Crippen LogP contribution is 2.13. The molecule has 0 saturated carbocycles. The zero-order chi connectivity index (χ0) is 12.6. The molecule has 0 aliphatic heterocycles. The minimum absolute atomic E-state index is 0.396. The van der Waals surface area contributed by atoms with Gasteiger partial charge in [-0.2, -0.15) is 0 Å². The van der Waals surface area contributed by atoms with Crippen molar-refractivity contribution in [2.24, 2.45) is 5.92 Å². The zero-order valence-corrected chi connectivity index (χ0v) is 10.5. The molecule has 0 atom stereocenters. The fraction of sp³-hybridized carbons (Fsp3) is 0.250. The molecule has 2 N–H and O–H groups in total. The number of rotatable bonds is 6. The molecule has 0 saturated heterocycles. The maximum Gasteiger partial charge on any atom is 0.0787 e. The van der Waals surface area contributed by atoms with E-state index in [1.807, 2.05) is 12.1 Å². The summed E-state index contributed by atoms with van der Waals surface area (Å²) in [6.45, 7) is 0.629. The van der Waals surface area contributed by atoms with Gasteiger partial charge in [0.05, 0.1) is 6.54 Å². The van der Waals surface area contributed by atoms with Crippen LogP contribution >= 0.6 is 0 Å². The van der Waals surface area contributed by atoms with Gasteiger partial charge in [-0.3, -0.25) is 0 Å². The molecule has 0 amide bonds. The van der Waals surface area contributed by atoms with Gasteiger partial charge < -0.3 is 10.7 Å². The van der Waals surface area contributed by atoms with E-state index in [9.17, 15) is 5.21 Å². The molecule has 2 aromatic rings. The summed E-state index contributed by atoms with van der Waals surface area (Å²) in [6.07, 6.45) is 1.93. The van der Waals surface area contributed by atoms with E-state index in [4.69, 9.17) is 0 Å². The summed E-state index contributed by atoms with van der Waals surface area (Å²) in [6, 6.07) is 20.8. The quantitative estimate of drug-likeness (QED) is 0.773. The van der Waals surface area contributed by atoms with Gasteiger partial charge in [0.2, 0.25) is 0 Å². The van der Waals surface area contributed by atoms with Crippen molar-refractivity contribution in [2.75, 3.05) is 6.54 Å². The molecular formula is C16H19NO. The smallest absolute Gasteiger partial charge is 0.0787 e. The Labute approximate surface area is 108 Å². The number of hydroxylamine groups is 1. The third-order valence-electron chi connectivity index (χ3n) is 3.16. The van der Waals surface area contributed by atoms with Gasteiger partial charge in [0, 0.05) is 5.92 Å². The molecule has 0 bridgehead atoms. The first-order valence-corrected chi connectivity index (χ1v) is 6.40. The first kappa shape index (κ1) is 12.8. The van der Waals surface area contributed by atoms with Crippen molar-refractivity contribution in [3.05, 3.63) is 77.0 Å². The van der Waals surface area contributed by atoms with E-state index in [1.165, 1.54) is 11.1 Å². The Morgan fingerprint density at radius 3 is 1.61 bits per heavy atom. The second-order valence-corrected chi connectivity index (χ2v) is 4.65. The molecule has 2 aromatic carbocycles. The Morgan fingerprint density at radius 2 is 1.22 bits per heavy atom. The van der Waals surface area contributed by atoms with Crippen molar-refractivity contribution >= 4 is 0 Å². The Kier molecular flexibility index (Phi) is 4.94. The van der Waals surface area contributed by atoms with Crippen LogP contribution in [0.5, 0.6) is 0 Å². The van der Waals surface area contributed by atoms with E-state index in [2.05, 4.69) is 48.5 Å². The first-order chi connectivity index (χ1) is 8.88. The number of benzene rings is 2. The van der Waals surface area contributed by atoms with Crippen LogP contribution in [-0.2, 0) is 12.8 Å². The predicted molar refractivity (Wildman–Crippen MR) is 73.9 cm³/mol. The maximum atomic E-state index is 10.8. The molecule has 2 rings (SSSR count). The third-order valence-corrected chi connectivity index (χ3v) is 3.16. The van der Waals surface area contributed by atoms with Gasteiger partial charge in [0.25, 0.3) is 0 Å². The minimum atomic E-state index is 0.396. The topological polar surface area (TPSA) is 39.7 Å². The monoisotopic (exact) mass is 241 g/mol. The SMILES string of the molecule is [O-][NH2+]CC(Cc1ccccc1)Cc1ccccc1. The summed E-state index contributed by atoms with van der Waals surface area (Å²) in [4.78, 5) is 0. The second kappa shape index (κ2) is 6.94. The van der Waals surface area contributed by atoms with Crippen LogP contribution in [0.15, 0.2) is 60.7 Å². The minimum Gasteiger partial charge on any atom is -0.636 e. The number of nitrogens with two attached hydrogens (primary N) is 1. The summed E-state index contributed by atoms with van der Waals surface area (Å²) in [5, 5.41) is 10.8. The lowest BCUT2D eigenvalue weighted by molar-refractivity contribution is -0.595. The van der Waals surface area contributed by atoms with Crippen LogP contribution in [0.25, 0.3) is 0 Å². The van der Waals surface area contributed by atoms with Crippen LogP contribution in [-0.4, -0.2) is 6.54 Å². The summed E-state index contributed by atoms with van der Waals surface area (Å²) < 4.78 is 0. The van der Waals surface area contributed by atoms with E-state index in [-0.39, 0.29) is 0 Å². The van der Waals surface area contributed by atoms with Crippen molar-refractivity contribution in [3.8, 4) is 0 Å². The molecule has 0 aliphatic carbocycles. The second-order valence-electron chi connectivity index (χ2n) is 4.65. The molecule has 0 heterocycles. The van der Waals surface area contributed by atoms with E-state index in [1.54, 1.807) is 0 Å². The van der Waals surface area contributed by atoms with Crippen LogP contribution in [0, 0.1) is 11.1 Å². The highest BCUT2D eigenvalue weighted by molar-refractivity contribution is 5.18. The van der Waals surface area contributed by atoms with Gasteiger partial charge in [-0.25, -0.2) is 0 Å². The zero-order valence-electron chi connectivity index (χ0n) is 10.5. The van der Waals surface area contributed by atoms with Gasteiger partial charge in [-0.1, -0.05) is 60.7 Å². The molecular weight excluding hydrogens is 222 g/mol. The highest BCUT2D eigenvalue weighted by Gasteiger charge is 2.11. The standard InChI is InChI=1S/C16H19NO/c18-17-13-16(11-14-7-3-1-4-8-14)12-15-9-5-2-6-10-15/h1-10,16H,11-13,17H2. The molecule has 18 heavy (non-hydrogen) atoms. The largest absolute Gasteiger partial charge is 0.636 e. The van der Waals surface area contributed by atoms with Gasteiger partial charge >= 0.3 is 0 Å². The molecule has 0 spiro atoms. The lowest BCUT2D eigenvalue weighted by atomic mass is 9.93. The van der Waals surface area contributed by atoms with Crippen molar-refractivity contribution in [3.63, 3.8) is 0 Å². The summed E-state index contributed by atoms with van der Waals surface area (Å²) in [5.74, 6) is 0.396. The van der Waals surface area contributed by atoms with Gasteiger partial charge in [-0.15, -0.1) is 0 Å². The number of quaternary nitrogens is 1. The summed E-state index contributed by atoms with van der Waals surface area (Å²) in [7, 11) is 0. The fourth-order valence-electron chi connectivity index (χ4n) is 2.27. The average molecular weight is 241 g/mol. The maximum absolute atomic E-state index is 10.8. The van der Waals surface area contributed by atoms with Gasteiger partial charge in [0.1, 0.15) is 0 Å². The lowest BCUT2D eigenvalue weighted by Crippen LogP contribution is -2.79. The average Bonchev–Trinajstić information content (AvgIpc) is 2.41. The molecule has 2 nitrogen and oxygen atoms in total. The lowest BCUT2D eigenvalue weighted by Gasteiger charge is -2.16. The van der Waals surface area contributed by atoms with Crippen molar-refractivity contribution in [1.29, 1.82) is 0 Å². The summed E-state index contributed by atoms with van der Waals surface area (Å²) >= 11 is 0. The predicted octanol–water partition coefficient (Wildman–Crippen LogP) is 2.15. The number of hydrogen-bond acceptors (Lipinski definition) is 1. The Balaban J connectivity index is 2.00. The van der Waals surface area contributed by atoms with Crippen LogP contribution in [0.2, 0.25) is 0 Å². The first-order valence-electron chi connectivity index (χ1n) is 6.40. The van der Waals surface area contributed by atoms with Crippen LogP contribution in [0.3, 0.4) is 0 Å². The summed E-state index contributed by atoms with van der Waals surface area (Å²) in [5.41, 5.74) is 3.65. The Bertz CT molecular complexity index is 400. The van der Waals surface area contributed by atoms with Crippen LogP contribution < -0.4 is 5.48 Å². The van der Waals surface area contributed by atoms with E-state index < -0.39 is 0 Å². The Hall–Kier alpha value is -1.64. The molecule has 0 fully saturated rings. The van der Waals surface area contributed by atoms with Crippen molar-refractivity contribution < 1.29 is 5.48 Å². The molecule has 2 heteroatoms. The van der Waals surface area contributed by atoms with Crippen LogP contribution in [0.4, 0.5) is 0 Å². The van der Waals surface area contributed by atoms with E-state index in [0.717, 1.165) is 18.3 Å². The Morgan fingerprint density at radius 1 is 0.778 bits per heavy atom. The van der Waals surface area contributed by atoms with Crippen molar-refractivity contribution in [2.45, 2.75) is 12.8 Å². The molecule has 0 unspecified atom stereocenters. The third kappa shape index (κ3) is 3.99. The van der Waals surface area contributed by atoms with Crippen molar-refractivity contribution in [1.82, 2.24) is 0 Å². The van der Waals surface area contributed by atoms with Gasteiger partial charge in [0.15, 0.2) is 0 Å². The normalized spacial score (nSPS) is 10.8.